The molecule has 0 aromatic heterocycles. The first-order valence-corrected chi connectivity index (χ1v) is 8.72. The molecule has 0 bridgehead atoms. The van der Waals surface area contributed by atoms with E-state index in [1.807, 2.05) is 6.07 Å². The maximum absolute atomic E-state index is 12.3. The Hall–Kier alpha value is -1.11. The SMILES string of the molecule is CCC(CC)(CN)CNc1ccccc1S(=O)(=O)N(C)C. The zero-order valence-corrected chi connectivity index (χ0v) is 14.2. The summed E-state index contributed by atoms with van der Waals surface area (Å²) in [6, 6.07) is 6.99. The molecular weight excluding hydrogens is 286 g/mol. The molecule has 1 rings (SSSR count). The minimum Gasteiger partial charge on any atom is -0.383 e. The average molecular weight is 313 g/mol. The van der Waals surface area contributed by atoms with Crippen LogP contribution in [0.5, 0.6) is 0 Å². The molecular formula is C15H27N3O2S. The third-order valence-corrected chi connectivity index (χ3v) is 6.11. The van der Waals surface area contributed by atoms with E-state index in [-0.39, 0.29) is 5.41 Å². The molecule has 0 saturated heterocycles. The Morgan fingerprint density at radius 1 is 1.19 bits per heavy atom. The molecule has 5 nitrogen and oxygen atoms in total. The summed E-state index contributed by atoms with van der Waals surface area (Å²) in [4.78, 5) is 0.299. The Bertz CT molecular complexity index is 544. The van der Waals surface area contributed by atoms with Crippen LogP contribution in [0.2, 0.25) is 0 Å². The van der Waals surface area contributed by atoms with E-state index in [4.69, 9.17) is 5.73 Å². The van der Waals surface area contributed by atoms with Crippen LogP contribution < -0.4 is 11.1 Å². The van der Waals surface area contributed by atoms with Crippen molar-refractivity contribution in [2.24, 2.45) is 11.1 Å². The maximum atomic E-state index is 12.3. The third-order valence-electron chi connectivity index (χ3n) is 4.23. The van der Waals surface area contributed by atoms with Gasteiger partial charge in [0.2, 0.25) is 10.0 Å². The molecule has 0 unspecified atom stereocenters. The predicted octanol–water partition coefficient (Wildman–Crippen LogP) is 2.11. The normalized spacial score (nSPS) is 12.7. The molecule has 0 aliphatic rings. The van der Waals surface area contributed by atoms with Crippen LogP contribution in [-0.4, -0.2) is 39.9 Å². The van der Waals surface area contributed by atoms with Crippen LogP contribution in [-0.2, 0) is 10.0 Å². The lowest BCUT2D eigenvalue weighted by molar-refractivity contribution is 0.294. The van der Waals surface area contributed by atoms with Crippen LogP contribution in [0.3, 0.4) is 0 Å². The van der Waals surface area contributed by atoms with E-state index >= 15 is 0 Å². The molecule has 0 heterocycles. The van der Waals surface area contributed by atoms with E-state index in [1.54, 1.807) is 18.2 Å². The molecule has 0 fully saturated rings. The van der Waals surface area contributed by atoms with Gasteiger partial charge in [-0.3, -0.25) is 0 Å². The monoisotopic (exact) mass is 313 g/mol. The highest BCUT2D eigenvalue weighted by Crippen LogP contribution is 2.28. The van der Waals surface area contributed by atoms with Gasteiger partial charge in [-0.15, -0.1) is 0 Å². The molecule has 0 atom stereocenters. The molecule has 0 radical (unpaired) electrons. The standard InChI is InChI=1S/C15H27N3O2S/c1-5-15(6-2,11-16)12-17-13-9-7-8-10-14(13)21(19,20)18(3)4/h7-10,17H,5-6,11-12,16H2,1-4H3. The summed E-state index contributed by atoms with van der Waals surface area (Å²) in [6.45, 7) is 5.47. The fraction of sp³-hybridized carbons (Fsp3) is 0.600. The highest BCUT2D eigenvalue weighted by Gasteiger charge is 2.26. The summed E-state index contributed by atoms with van der Waals surface area (Å²) in [6.07, 6.45) is 1.91. The third kappa shape index (κ3) is 3.96. The van der Waals surface area contributed by atoms with Crippen LogP contribution in [0.4, 0.5) is 5.69 Å². The number of benzene rings is 1. The quantitative estimate of drug-likeness (QED) is 0.771. The predicted molar refractivity (Wildman–Crippen MR) is 87.9 cm³/mol. The summed E-state index contributed by atoms with van der Waals surface area (Å²) in [7, 11) is -0.384. The van der Waals surface area contributed by atoms with Crippen LogP contribution in [0, 0.1) is 5.41 Å². The second-order valence-electron chi connectivity index (χ2n) is 5.55. The van der Waals surface area contributed by atoms with Gasteiger partial charge in [-0.1, -0.05) is 26.0 Å². The van der Waals surface area contributed by atoms with Crippen molar-refractivity contribution >= 4 is 15.7 Å². The molecule has 0 aliphatic heterocycles. The van der Waals surface area contributed by atoms with Crippen molar-refractivity contribution in [1.82, 2.24) is 4.31 Å². The number of nitrogens with one attached hydrogen (secondary N) is 1. The Kier molecular flexibility index (Phi) is 6.19. The lowest BCUT2D eigenvalue weighted by Crippen LogP contribution is -2.36. The average Bonchev–Trinajstić information content (AvgIpc) is 2.49. The minimum atomic E-state index is -3.46. The van der Waals surface area contributed by atoms with Gasteiger partial charge in [-0.2, -0.15) is 0 Å². The van der Waals surface area contributed by atoms with Crippen molar-refractivity contribution in [2.75, 3.05) is 32.5 Å². The highest BCUT2D eigenvalue weighted by atomic mass is 32.2. The lowest BCUT2D eigenvalue weighted by atomic mass is 9.82. The van der Waals surface area contributed by atoms with Crippen molar-refractivity contribution in [1.29, 1.82) is 0 Å². The fourth-order valence-electron chi connectivity index (χ4n) is 2.18. The van der Waals surface area contributed by atoms with Crippen molar-refractivity contribution in [2.45, 2.75) is 31.6 Å². The molecule has 0 saturated carbocycles. The summed E-state index contributed by atoms with van der Waals surface area (Å²) >= 11 is 0. The molecule has 3 N–H and O–H groups in total. The van der Waals surface area contributed by atoms with Gasteiger partial charge in [-0.05, 0) is 36.9 Å². The van der Waals surface area contributed by atoms with Crippen molar-refractivity contribution in [3.63, 3.8) is 0 Å². The smallest absolute Gasteiger partial charge is 0.244 e. The molecule has 0 aliphatic carbocycles. The molecule has 120 valence electrons. The first-order chi connectivity index (χ1) is 9.83. The summed E-state index contributed by atoms with van der Waals surface area (Å²) in [5.74, 6) is 0. The largest absolute Gasteiger partial charge is 0.383 e. The van der Waals surface area contributed by atoms with Crippen molar-refractivity contribution < 1.29 is 8.42 Å². The van der Waals surface area contributed by atoms with E-state index in [9.17, 15) is 8.42 Å². The number of anilines is 1. The van der Waals surface area contributed by atoms with Gasteiger partial charge in [0.1, 0.15) is 4.90 Å². The highest BCUT2D eigenvalue weighted by molar-refractivity contribution is 7.89. The molecule has 0 amide bonds. The van der Waals surface area contributed by atoms with Gasteiger partial charge in [0, 0.05) is 20.6 Å². The molecule has 1 aromatic rings. The van der Waals surface area contributed by atoms with E-state index in [2.05, 4.69) is 19.2 Å². The number of hydrogen-bond donors (Lipinski definition) is 2. The fourth-order valence-corrected chi connectivity index (χ4v) is 3.24. The van der Waals surface area contributed by atoms with E-state index in [0.29, 0.717) is 23.7 Å². The zero-order valence-electron chi connectivity index (χ0n) is 13.4. The number of nitrogens with zero attached hydrogens (tertiary/aromatic N) is 1. The van der Waals surface area contributed by atoms with Crippen molar-refractivity contribution in [3.8, 4) is 0 Å². The topological polar surface area (TPSA) is 75.4 Å². The van der Waals surface area contributed by atoms with Crippen LogP contribution >= 0.6 is 0 Å². The van der Waals surface area contributed by atoms with Crippen LogP contribution in [0.25, 0.3) is 0 Å². The number of sulfonamides is 1. The summed E-state index contributed by atoms with van der Waals surface area (Å²) < 4.78 is 25.9. The number of nitrogens with two attached hydrogens (primary N) is 1. The van der Waals surface area contributed by atoms with Gasteiger partial charge in [0.25, 0.3) is 0 Å². The first-order valence-electron chi connectivity index (χ1n) is 7.28. The zero-order chi connectivity index (χ0) is 16.1. The van der Waals surface area contributed by atoms with Gasteiger partial charge in [0.15, 0.2) is 0 Å². The number of hydrogen-bond acceptors (Lipinski definition) is 4. The van der Waals surface area contributed by atoms with Gasteiger partial charge in [0.05, 0.1) is 5.69 Å². The number of para-hydroxylation sites is 1. The Morgan fingerprint density at radius 3 is 2.24 bits per heavy atom. The molecule has 0 spiro atoms. The summed E-state index contributed by atoms with van der Waals surface area (Å²) in [5, 5.41) is 3.28. The Balaban J connectivity index is 3.06. The van der Waals surface area contributed by atoms with Crippen molar-refractivity contribution in [3.05, 3.63) is 24.3 Å². The second kappa shape index (κ2) is 7.24. The Morgan fingerprint density at radius 2 is 1.76 bits per heavy atom. The van der Waals surface area contributed by atoms with Gasteiger partial charge in [-0.25, -0.2) is 12.7 Å². The summed E-state index contributed by atoms with van der Waals surface area (Å²) in [5.41, 5.74) is 6.52. The van der Waals surface area contributed by atoms with E-state index < -0.39 is 10.0 Å². The lowest BCUT2D eigenvalue weighted by Gasteiger charge is -2.31. The van der Waals surface area contributed by atoms with Gasteiger partial charge >= 0.3 is 0 Å². The molecule has 21 heavy (non-hydrogen) atoms. The maximum Gasteiger partial charge on any atom is 0.244 e. The molecule has 6 heteroatoms. The number of rotatable bonds is 8. The van der Waals surface area contributed by atoms with Crippen LogP contribution in [0.1, 0.15) is 26.7 Å². The van der Waals surface area contributed by atoms with Crippen LogP contribution in [0.15, 0.2) is 29.2 Å². The van der Waals surface area contributed by atoms with E-state index in [0.717, 1.165) is 12.8 Å². The van der Waals surface area contributed by atoms with E-state index in [1.165, 1.54) is 18.4 Å². The van der Waals surface area contributed by atoms with Gasteiger partial charge < -0.3 is 11.1 Å². The Labute approximate surface area is 128 Å². The minimum absolute atomic E-state index is 0.00497. The first kappa shape index (κ1) is 17.9. The second-order valence-corrected chi connectivity index (χ2v) is 7.67. The molecule has 1 aromatic carbocycles.